The Hall–Kier alpha value is -4.68. The summed E-state index contributed by atoms with van der Waals surface area (Å²) in [5.74, 6) is 0.994. The minimum Gasteiger partial charge on any atom is -0.407 e. The highest BCUT2D eigenvalue weighted by atomic mass is 16.5. The van der Waals surface area contributed by atoms with E-state index in [4.69, 9.17) is 20.9 Å². The van der Waals surface area contributed by atoms with Crippen molar-refractivity contribution >= 4 is 40.8 Å². The van der Waals surface area contributed by atoms with Crippen LogP contribution in [0.15, 0.2) is 64.0 Å². The predicted octanol–water partition coefficient (Wildman–Crippen LogP) is 3.36. The van der Waals surface area contributed by atoms with E-state index >= 15 is 0 Å². The fourth-order valence-electron chi connectivity index (χ4n) is 5.57. The molecule has 0 bridgehead atoms. The standard InChI is InChI=1S/C30H36N8O4.C2H6/c1-19-5-3-6-22(15-19)37-14-13-36(17-20(37)2)29(40)21-8-9-25-24(16-21)34-28(26-10-11-27(35-41)42-26)38(25)23(18-39)7-4-12-33-30(31)32;1-2/h3,5-6,8-11,15-16,18,20,23,35,41H,4,7,12-14,17H2,1-2H3,(H4,31,32,33);1-2H3/p+1. The first-order valence-corrected chi connectivity index (χ1v) is 15.0. The number of aromatic nitrogens is 2. The molecule has 12 nitrogen and oxygen atoms in total. The van der Waals surface area contributed by atoms with Gasteiger partial charge in [-0.15, -0.1) is 5.48 Å². The maximum absolute atomic E-state index is 13.6. The van der Waals surface area contributed by atoms with E-state index in [1.165, 1.54) is 5.56 Å². The maximum Gasteiger partial charge on any atom is 0.326 e. The lowest BCUT2D eigenvalue weighted by molar-refractivity contribution is -0.833. The molecule has 44 heavy (non-hydrogen) atoms. The van der Waals surface area contributed by atoms with Gasteiger partial charge in [0.2, 0.25) is 0 Å². The van der Waals surface area contributed by atoms with Gasteiger partial charge in [0.1, 0.15) is 6.29 Å². The monoisotopic (exact) mass is 603 g/mol. The fourth-order valence-corrected chi connectivity index (χ4v) is 5.57. The number of imidazole rings is 1. The van der Waals surface area contributed by atoms with Gasteiger partial charge in [0.25, 0.3) is 5.91 Å². The minimum atomic E-state index is -0.581. The van der Waals surface area contributed by atoms with Crippen LogP contribution in [0.1, 0.15) is 55.6 Å². The van der Waals surface area contributed by atoms with Crippen LogP contribution >= 0.6 is 0 Å². The summed E-state index contributed by atoms with van der Waals surface area (Å²) in [6.07, 6.45) is 1.88. The molecule has 1 aliphatic heterocycles. The van der Waals surface area contributed by atoms with Crippen LogP contribution in [0, 0.1) is 6.92 Å². The van der Waals surface area contributed by atoms with Crippen LogP contribution in [0.5, 0.6) is 0 Å². The zero-order valence-electron chi connectivity index (χ0n) is 25.8. The van der Waals surface area contributed by atoms with Crippen molar-refractivity contribution in [3.8, 4) is 11.6 Å². The second-order valence-corrected chi connectivity index (χ2v) is 10.6. The summed E-state index contributed by atoms with van der Waals surface area (Å²) in [6.45, 7) is 10.5. The zero-order valence-corrected chi connectivity index (χ0v) is 25.8. The molecule has 0 saturated carbocycles. The van der Waals surface area contributed by atoms with Crippen molar-refractivity contribution in [2.45, 2.75) is 52.6 Å². The average molecular weight is 604 g/mol. The number of amides is 1. The van der Waals surface area contributed by atoms with Crippen molar-refractivity contribution in [1.82, 2.24) is 14.5 Å². The molecule has 1 saturated heterocycles. The fraction of sp³-hybridized carbons (Fsp3) is 0.375. The summed E-state index contributed by atoms with van der Waals surface area (Å²) in [5.41, 5.74) is 15.9. The van der Waals surface area contributed by atoms with Gasteiger partial charge in [0.05, 0.1) is 17.1 Å². The van der Waals surface area contributed by atoms with Crippen LogP contribution in [0.4, 0.5) is 11.6 Å². The molecule has 0 spiro atoms. The highest BCUT2D eigenvalue weighted by molar-refractivity contribution is 5.98. The molecule has 0 aliphatic carbocycles. The first-order chi connectivity index (χ1) is 21.3. The minimum absolute atomic E-state index is 0.00189. The van der Waals surface area contributed by atoms with Crippen LogP contribution in [0.25, 0.3) is 22.6 Å². The van der Waals surface area contributed by atoms with Crippen molar-refractivity contribution < 1.29 is 24.7 Å². The number of carbonyl (C=O) groups excluding carboxylic acids is 2. The number of piperazine rings is 1. The topological polar surface area (TPSA) is 173 Å². The van der Waals surface area contributed by atoms with Gasteiger partial charge < -0.3 is 35.0 Å². The molecule has 1 fully saturated rings. The Morgan fingerprint density at radius 2 is 1.98 bits per heavy atom. The van der Waals surface area contributed by atoms with Crippen molar-refractivity contribution in [2.75, 3.05) is 31.1 Å². The Morgan fingerprint density at radius 3 is 2.64 bits per heavy atom. The van der Waals surface area contributed by atoms with Gasteiger partial charge in [-0.05, 0) is 68.7 Å². The number of carbonyl (C=O) groups is 2. The van der Waals surface area contributed by atoms with Gasteiger partial charge in [-0.25, -0.2) is 10.2 Å². The molecular formula is C32H43N8O4+. The van der Waals surface area contributed by atoms with Crippen molar-refractivity contribution in [3.05, 3.63) is 65.7 Å². The number of hydrogen-bond donors (Lipinski definition) is 4. The third kappa shape index (κ3) is 7.09. The van der Waals surface area contributed by atoms with Gasteiger partial charge in [-0.1, -0.05) is 26.0 Å². The van der Waals surface area contributed by atoms with E-state index in [1.807, 2.05) is 24.8 Å². The number of hydrogen-bond acceptors (Lipinski definition) is 7. The lowest BCUT2D eigenvalue weighted by Crippen LogP contribution is -2.73. The molecule has 1 amide bonds. The van der Waals surface area contributed by atoms with E-state index in [2.05, 4.69) is 48.0 Å². The molecule has 2 aromatic heterocycles. The van der Waals surface area contributed by atoms with E-state index in [1.54, 1.807) is 28.8 Å². The highest BCUT2D eigenvalue weighted by Crippen LogP contribution is 2.32. The largest absolute Gasteiger partial charge is 0.407 e. The number of aldehydes is 1. The van der Waals surface area contributed by atoms with Crippen molar-refractivity contribution in [3.63, 3.8) is 0 Å². The van der Waals surface area contributed by atoms with Crippen molar-refractivity contribution in [1.29, 1.82) is 0 Å². The number of aryl methyl sites for hydroxylation is 1. The third-order valence-electron chi connectivity index (χ3n) is 7.60. The molecule has 12 heteroatoms. The van der Waals surface area contributed by atoms with Gasteiger partial charge in [0.15, 0.2) is 17.5 Å². The van der Waals surface area contributed by atoms with E-state index in [9.17, 15) is 14.8 Å². The number of rotatable bonds is 10. The van der Waals surface area contributed by atoms with Crippen LogP contribution in [-0.2, 0) is 4.79 Å². The lowest BCUT2D eigenvalue weighted by Gasteiger charge is -2.41. The number of anilines is 1. The molecule has 7 N–H and O–H groups in total. The average Bonchev–Trinajstić information content (AvgIpc) is 3.66. The van der Waals surface area contributed by atoms with Crippen molar-refractivity contribution in [2.24, 2.45) is 16.5 Å². The smallest absolute Gasteiger partial charge is 0.326 e. The van der Waals surface area contributed by atoms with Crippen LogP contribution < -0.4 is 21.8 Å². The Balaban J connectivity index is 0.00000216. The Labute approximate surface area is 257 Å². The second kappa shape index (κ2) is 14.7. The van der Waals surface area contributed by atoms with E-state index in [-0.39, 0.29) is 23.8 Å². The second-order valence-electron chi connectivity index (χ2n) is 10.6. The lowest BCUT2D eigenvalue weighted by atomic mass is 10.1. The zero-order chi connectivity index (χ0) is 31.8. The molecule has 234 valence electrons. The van der Waals surface area contributed by atoms with Crippen LogP contribution in [0.2, 0.25) is 0 Å². The number of guanidine groups is 1. The number of furan rings is 1. The number of aliphatic imine (C=N–C) groups is 1. The summed E-state index contributed by atoms with van der Waals surface area (Å²) in [4.78, 5) is 39.0. The van der Waals surface area contributed by atoms with Gasteiger partial charge in [0, 0.05) is 49.5 Å². The molecule has 2 aromatic carbocycles. The summed E-state index contributed by atoms with van der Waals surface area (Å²) < 4.78 is 7.54. The Bertz CT molecular complexity index is 1610. The SMILES string of the molecule is CC.Cc1cccc(N2CCN(C(=O)c3ccc4c(c3)nc(-c3ccc([NH2+]O)o3)n4C(C=O)CCCN=C(N)N)CC2C)c1. The summed E-state index contributed by atoms with van der Waals surface area (Å²) in [7, 11) is 0. The van der Waals surface area contributed by atoms with E-state index in [0.29, 0.717) is 60.7 Å². The third-order valence-corrected chi connectivity index (χ3v) is 7.60. The number of nitrogens with zero attached hydrogens (tertiary/aromatic N) is 5. The quantitative estimate of drug-likeness (QED) is 0.0702. The Kier molecular flexibility index (Phi) is 10.7. The number of quaternary nitrogens is 1. The number of benzene rings is 2. The number of nitrogens with two attached hydrogens (primary N) is 3. The predicted molar refractivity (Wildman–Crippen MR) is 171 cm³/mol. The van der Waals surface area contributed by atoms with Crippen LogP contribution in [0.3, 0.4) is 0 Å². The summed E-state index contributed by atoms with van der Waals surface area (Å²) >= 11 is 0. The highest BCUT2D eigenvalue weighted by Gasteiger charge is 2.29. The van der Waals surface area contributed by atoms with E-state index < -0.39 is 6.04 Å². The molecule has 4 aromatic rings. The van der Waals surface area contributed by atoms with E-state index in [0.717, 1.165) is 24.0 Å². The molecule has 5 rings (SSSR count). The van der Waals surface area contributed by atoms with Gasteiger partial charge in [-0.2, -0.15) is 0 Å². The molecule has 3 heterocycles. The molecular weight excluding hydrogens is 560 g/mol. The molecule has 2 atom stereocenters. The summed E-state index contributed by atoms with van der Waals surface area (Å²) in [6, 6.07) is 16.6. The Morgan fingerprint density at radius 1 is 1.18 bits per heavy atom. The van der Waals surface area contributed by atoms with Crippen LogP contribution in [-0.4, -0.2) is 70.0 Å². The first-order valence-electron chi connectivity index (χ1n) is 15.0. The number of fused-ring (bicyclic) bond motifs is 1. The molecule has 2 unspecified atom stereocenters. The van der Waals surface area contributed by atoms with Gasteiger partial charge >= 0.3 is 5.88 Å². The molecule has 1 aliphatic rings. The molecule has 0 radical (unpaired) electrons. The summed E-state index contributed by atoms with van der Waals surface area (Å²) in [5, 5.41) is 9.40. The normalized spacial score (nSPS) is 15.4. The van der Waals surface area contributed by atoms with Gasteiger partial charge in [-0.3, -0.25) is 9.79 Å². The maximum atomic E-state index is 13.6. The first kappa shape index (κ1) is 32.2.